The monoisotopic (exact) mass is 381 g/mol. The number of rotatable bonds is 5. The van der Waals surface area contributed by atoms with Crippen LogP contribution in [0.15, 0.2) is 39.5 Å². The zero-order valence-electron chi connectivity index (χ0n) is 11.8. The molecule has 0 saturated carbocycles. The predicted octanol–water partition coefficient (Wildman–Crippen LogP) is 4.65. The van der Waals surface area contributed by atoms with Gasteiger partial charge >= 0.3 is 0 Å². The number of benzene rings is 1. The molecule has 114 valence electrons. The summed E-state index contributed by atoms with van der Waals surface area (Å²) in [5.74, 6) is 1.00. The van der Waals surface area contributed by atoms with Gasteiger partial charge < -0.3 is 14.5 Å². The van der Waals surface area contributed by atoms with Crippen LogP contribution in [-0.2, 0) is 6.54 Å². The minimum absolute atomic E-state index is 0.489. The van der Waals surface area contributed by atoms with Crippen LogP contribution in [0.5, 0.6) is 5.88 Å². The summed E-state index contributed by atoms with van der Waals surface area (Å²) in [7, 11) is 0. The molecule has 0 fully saturated rings. The van der Waals surface area contributed by atoms with E-state index in [0.29, 0.717) is 35.6 Å². The number of nitrogens with one attached hydrogen (secondary N) is 1. The molecule has 5 nitrogen and oxygen atoms in total. The third kappa shape index (κ3) is 3.03. The van der Waals surface area contributed by atoms with Crippen LogP contribution < -0.4 is 10.1 Å². The fourth-order valence-corrected chi connectivity index (χ4v) is 2.59. The Morgan fingerprint density at radius 3 is 3.09 bits per heavy atom. The van der Waals surface area contributed by atoms with Crippen LogP contribution in [0.2, 0.25) is 5.02 Å². The standard InChI is InChI=1S/C15H13BrClN3O2/c1-2-21-14-11(16)7-19-15(20-14)18-6-9-8-22-13-10(9)4-3-5-12(13)17/h3-5,7-8H,2,6H2,1H3,(H,18,19,20). The summed E-state index contributed by atoms with van der Waals surface area (Å²) in [6, 6.07) is 5.67. The Morgan fingerprint density at radius 1 is 1.41 bits per heavy atom. The van der Waals surface area contributed by atoms with Crippen LogP contribution in [-0.4, -0.2) is 16.6 Å². The number of halogens is 2. The Morgan fingerprint density at radius 2 is 2.27 bits per heavy atom. The van der Waals surface area contributed by atoms with Crippen molar-refractivity contribution in [2.24, 2.45) is 0 Å². The molecule has 0 unspecified atom stereocenters. The maximum absolute atomic E-state index is 6.10. The molecule has 3 aromatic rings. The van der Waals surface area contributed by atoms with Crippen LogP contribution in [0.3, 0.4) is 0 Å². The Hall–Kier alpha value is -1.79. The van der Waals surface area contributed by atoms with Gasteiger partial charge in [0, 0.05) is 17.5 Å². The second-order valence-corrected chi connectivity index (χ2v) is 5.77. The zero-order chi connectivity index (χ0) is 15.5. The Labute approximate surface area is 140 Å². The van der Waals surface area contributed by atoms with E-state index in [0.717, 1.165) is 15.4 Å². The predicted molar refractivity (Wildman–Crippen MR) is 89.5 cm³/mol. The highest BCUT2D eigenvalue weighted by molar-refractivity contribution is 9.10. The molecule has 22 heavy (non-hydrogen) atoms. The van der Waals surface area contributed by atoms with Crippen molar-refractivity contribution in [2.45, 2.75) is 13.5 Å². The van der Waals surface area contributed by atoms with E-state index in [9.17, 15) is 0 Å². The summed E-state index contributed by atoms with van der Waals surface area (Å²) in [6.45, 7) is 2.98. The first-order valence-corrected chi connectivity index (χ1v) is 7.90. The van der Waals surface area contributed by atoms with Crippen molar-refractivity contribution in [3.8, 4) is 5.88 Å². The van der Waals surface area contributed by atoms with E-state index < -0.39 is 0 Å². The number of nitrogens with zero attached hydrogens (tertiary/aromatic N) is 2. The number of fused-ring (bicyclic) bond motifs is 1. The van der Waals surface area contributed by atoms with Crippen LogP contribution in [0.25, 0.3) is 11.0 Å². The molecule has 2 heterocycles. The van der Waals surface area contributed by atoms with Gasteiger partial charge in [0.15, 0.2) is 5.58 Å². The molecule has 3 rings (SSSR count). The van der Waals surface area contributed by atoms with Gasteiger partial charge in [-0.15, -0.1) is 0 Å². The van der Waals surface area contributed by atoms with E-state index in [-0.39, 0.29) is 0 Å². The Kier molecular flexibility index (Phi) is 4.49. The van der Waals surface area contributed by atoms with Crippen molar-refractivity contribution in [3.05, 3.63) is 45.7 Å². The van der Waals surface area contributed by atoms with E-state index in [1.165, 1.54) is 0 Å². The molecule has 7 heteroatoms. The van der Waals surface area contributed by atoms with Gasteiger partial charge in [-0.2, -0.15) is 4.98 Å². The molecule has 0 aliphatic rings. The van der Waals surface area contributed by atoms with Crippen molar-refractivity contribution in [1.82, 2.24) is 9.97 Å². The molecule has 0 aliphatic carbocycles. The number of aromatic nitrogens is 2. The molecule has 0 aliphatic heterocycles. The van der Waals surface area contributed by atoms with E-state index in [1.807, 2.05) is 19.1 Å². The largest absolute Gasteiger partial charge is 0.477 e. The van der Waals surface area contributed by atoms with Crippen LogP contribution in [0.4, 0.5) is 5.95 Å². The topological polar surface area (TPSA) is 60.2 Å². The summed E-state index contributed by atoms with van der Waals surface area (Å²) in [4.78, 5) is 8.52. The fraction of sp³-hybridized carbons (Fsp3) is 0.200. The summed E-state index contributed by atoms with van der Waals surface area (Å²) < 4.78 is 11.7. The smallest absolute Gasteiger partial charge is 0.232 e. The lowest BCUT2D eigenvalue weighted by Gasteiger charge is -2.07. The first-order valence-electron chi connectivity index (χ1n) is 6.73. The third-order valence-electron chi connectivity index (χ3n) is 3.06. The van der Waals surface area contributed by atoms with Gasteiger partial charge in [0.2, 0.25) is 11.8 Å². The quantitative estimate of drug-likeness (QED) is 0.696. The van der Waals surface area contributed by atoms with Crippen LogP contribution >= 0.6 is 27.5 Å². The molecule has 1 N–H and O–H groups in total. The normalized spacial score (nSPS) is 10.9. The molecule has 0 atom stereocenters. The highest BCUT2D eigenvalue weighted by Gasteiger charge is 2.10. The van der Waals surface area contributed by atoms with Crippen molar-refractivity contribution in [3.63, 3.8) is 0 Å². The maximum atomic E-state index is 6.10. The van der Waals surface area contributed by atoms with Gasteiger partial charge in [0.1, 0.15) is 0 Å². The number of hydrogen-bond donors (Lipinski definition) is 1. The lowest BCUT2D eigenvalue weighted by atomic mass is 10.2. The average Bonchev–Trinajstić information content (AvgIpc) is 2.93. The lowest BCUT2D eigenvalue weighted by molar-refractivity contribution is 0.324. The summed E-state index contributed by atoms with van der Waals surface area (Å²) in [5, 5.41) is 4.73. The van der Waals surface area contributed by atoms with Gasteiger partial charge in [-0.25, -0.2) is 4.98 Å². The Balaban J connectivity index is 1.79. The van der Waals surface area contributed by atoms with Gasteiger partial charge in [0.25, 0.3) is 0 Å². The van der Waals surface area contributed by atoms with E-state index in [2.05, 4.69) is 31.2 Å². The highest BCUT2D eigenvalue weighted by Crippen LogP contribution is 2.28. The van der Waals surface area contributed by atoms with Crippen molar-refractivity contribution in [2.75, 3.05) is 11.9 Å². The molecular weight excluding hydrogens is 370 g/mol. The van der Waals surface area contributed by atoms with Crippen molar-refractivity contribution in [1.29, 1.82) is 0 Å². The first kappa shape index (κ1) is 15.1. The SMILES string of the molecule is CCOc1nc(NCc2coc3c(Cl)cccc23)ncc1Br. The number of hydrogen-bond acceptors (Lipinski definition) is 5. The van der Waals surface area contributed by atoms with Crippen LogP contribution in [0.1, 0.15) is 12.5 Å². The molecule has 0 saturated heterocycles. The zero-order valence-corrected chi connectivity index (χ0v) is 14.1. The van der Waals surface area contributed by atoms with Crippen molar-refractivity contribution < 1.29 is 9.15 Å². The van der Waals surface area contributed by atoms with Crippen LogP contribution in [0, 0.1) is 0 Å². The molecule has 1 aromatic carbocycles. The second-order valence-electron chi connectivity index (χ2n) is 4.51. The van der Waals surface area contributed by atoms with E-state index >= 15 is 0 Å². The maximum Gasteiger partial charge on any atom is 0.232 e. The van der Waals surface area contributed by atoms with E-state index in [1.54, 1.807) is 18.5 Å². The molecular formula is C15H13BrClN3O2. The summed E-state index contributed by atoms with van der Waals surface area (Å²) in [6.07, 6.45) is 3.34. The lowest BCUT2D eigenvalue weighted by Crippen LogP contribution is -2.05. The third-order valence-corrected chi connectivity index (χ3v) is 3.90. The van der Waals surface area contributed by atoms with E-state index in [4.69, 9.17) is 20.8 Å². The van der Waals surface area contributed by atoms with Gasteiger partial charge in [0.05, 0.1) is 28.6 Å². The first-order chi connectivity index (χ1) is 10.7. The second kappa shape index (κ2) is 6.54. The number of ether oxygens (including phenoxy) is 1. The molecule has 0 amide bonds. The number of anilines is 1. The molecule has 0 spiro atoms. The minimum atomic E-state index is 0.489. The van der Waals surface area contributed by atoms with Gasteiger partial charge in [-0.05, 0) is 28.9 Å². The fourth-order valence-electron chi connectivity index (χ4n) is 2.06. The minimum Gasteiger partial charge on any atom is -0.477 e. The summed E-state index contributed by atoms with van der Waals surface area (Å²) in [5.41, 5.74) is 1.68. The molecule has 2 aromatic heterocycles. The number of furan rings is 1. The summed E-state index contributed by atoms with van der Waals surface area (Å²) >= 11 is 9.45. The highest BCUT2D eigenvalue weighted by atomic mass is 79.9. The van der Waals surface area contributed by atoms with Gasteiger partial charge in [-0.3, -0.25) is 0 Å². The van der Waals surface area contributed by atoms with Gasteiger partial charge in [-0.1, -0.05) is 23.7 Å². The molecule has 0 radical (unpaired) electrons. The molecule has 0 bridgehead atoms. The number of para-hydroxylation sites is 1. The average molecular weight is 383 g/mol. The Bertz CT molecular complexity index is 807. The van der Waals surface area contributed by atoms with Crippen molar-refractivity contribution >= 4 is 44.4 Å².